The van der Waals surface area contributed by atoms with Crippen molar-refractivity contribution in [2.24, 2.45) is 17.6 Å². The van der Waals surface area contributed by atoms with Crippen LogP contribution in [-0.4, -0.2) is 54.0 Å². The third-order valence-electron chi connectivity index (χ3n) is 3.91. The number of carbonyl (C=O) groups is 4. The minimum atomic E-state index is -0.869. The zero-order chi connectivity index (χ0) is 22.9. The summed E-state index contributed by atoms with van der Waals surface area (Å²) < 4.78 is 5.27. The van der Waals surface area contributed by atoms with Gasteiger partial charge < -0.3 is 26.4 Å². The van der Waals surface area contributed by atoms with Crippen molar-refractivity contribution in [3.63, 3.8) is 0 Å². The topological polar surface area (TPSA) is 140 Å². The third kappa shape index (κ3) is 10.8. The van der Waals surface area contributed by atoms with Crippen molar-refractivity contribution in [2.75, 3.05) is 6.54 Å². The molecule has 0 spiro atoms. The van der Waals surface area contributed by atoms with Gasteiger partial charge in [0.1, 0.15) is 23.7 Å². The molecule has 0 fully saturated rings. The predicted molar refractivity (Wildman–Crippen MR) is 111 cm³/mol. The first-order chi connectivity index (χ1) is 13.2. The van der Waals surface area contributed by atoms with Crippen molar-refractivity contribution in [2.45, 2.75) is 85.5 Å². The molecule has 0 aromatic rings. The summed E-state index contributed by atoms with van der Waals surface area (Å²) in [6.45, 7) is 13.9. The molecule has 0 saturated heterocycles. The van der Waals surface area contributed by atoms with Crippen LogP contribution in [0.15, 0.2) is 0 Å². The van der Waals surface area contributed by atoms with E-state index < -0.39 is 47.4 Å². The molecule has 9 heteroatoms. The maximum atomic E-state index is 12.7. The molecular formula is C20H38N4O5. The van der Waals surface area contributed by atoms with Crippen LogP contribution in [0.5, 0.6) is 0 Å². The summed E-state index contributed by atoms with van der Waals surface area (Å²) in [7, 11) is 0. The molecule has 29 heavy (non-hydrogen) atoms. The fourth-order valence-corrected chi connectivity index (χ4v) is 2.49. The number of hydrogen-bond donors (Lipinski definition) is 4. The Morgan fingerprint density at radius 2 is 1.45 bits per heavy atom. The molecule has 9 nitrogen and oxygen atoms in total. The van der Waals surface area contributed by atoms with E-state index in [1.807, 2.05) is 13.8 Å². The van der Waals surface area contributed by atoms with Crippen molar-refractivity contribution in [1.29, 1.82) is 0 Å². The lowest BCUT2D eigenvalue weighted by Gasteiger charge is -2.27. The highest BCUT2D eigenvalue weighted by molar-refractivity contribution is 5.93. The van der Waals surface area contributed by atoms with Crippen LogP contribution in [0.4, 0.5) is 0 Å². The number of nitrogens with two attached hydrogens (primary N) is 1. The van der Waals surface area contributed by atoms with Gasteiger partial charge in [0, 0.05) is 0 Å². The average molecular weight is 415 g/mol. The van der Waals surface area contributed by atoms with Gasteiger partial charge >= 0.3 is 5.97 Å². The zero-order valence-corrected chi connectivity index (χ0v) is 18.9. The fourth-order valence-electron chi connectivity index (χ4n) is 2.49. The van der Waals surface area contributed by atoms with Crippen LogP contribution in [-0.2, 0) is 23.9 Å². The molecule has 0 aromatic carbocycles. The molecule has 0 aliphatic carbocycles. The molecular weight excluding hydrogens is 376 g/mol. The van der Waals surface area contributed by atoms with Gasteiger partial charge in [-0.3, -0.25) is 14.4 Å². The quantitative estimate of drug-likeness (QED) is 0.383. The van der Waals surface area contributed by atoms with Gasteiger partial charge in [-0.05, 0) is 46.0 Å². The maximum Gasteiger partial charge on any atom is 0.328 e. The first kappa shape index (κ1) is 26.8. The number of carbonyl (C=O) groups excluding carboxylic acids is 4. The van der Waals surface area contributed by atoms with Gasteiger partial charge in [0.25, 0.3) is 0 Å². The molecule has 0 bridgehead atoms. The summed E-state index contributed by atoms with van der Waals surface area (Å²) in [4.78, 5) is 49.2. The van der Waals surface area contributed by atoms with E-state index >= 15 is 0 Å². The fraction of sp³-hybridized carbons (Fsp3) is 0.800. The van der Waals surface area contributed by atoms with Crippen LogP contribution < -0.4 is 21.7 Å². The van der Waals surface area contributed by atoms with Gasteiger partial charge in [-0.2, -0.15) is 0 Å². The van der Waals surface area contributed by atoms with Crippen molar-refractivity contribution < 1.29 is 23.9 Å². The van der Waals surface area contributed by atoms with Gasteiger partial charge in [-0.1, -0.05) is 27.7 Å². The Balaban J connectivity index is 5.23. The van der Waals surface area contributed by atoms with Crippen LogP contribution in [0.1, 0.15) is 61.8 Å². The summed E-state index contributed by atoms with van der Waals surface area (Å²) in [5.74, 6) is -2.07. The Kier molecular flexibility index (Phi) is 10.9. The smallest absolute Gasteiger partial charge is 0.328 e. The molecule has 3 atom stereocenters. The van der Waals surface area contributed by atoms with Gasteiger partial charge in [0.15, 0.2) is 0 Å². The van der Waals surface area contributed by atoms with Crippen molar-refractivity contribution in [3.05, 3.63) is 0 Å². The number of nitrogens with one attached hydrogen (secondary N) is 3. The average Bonchev–Trinajstić information content (AvgIpc) is 2.56. The Morgan fingerprint density at radius 1 is 0.897 bits per heavy atom. The normalized spacial score (nSPS) is 14.7. The summed E-state index contributed by atoms with van der Waals surface area (Å²) >= 11 is 0. The van der Waals surface area contributed by atoms with Gasteiger partial charge in [0.05, 0.1) is 6.54 Å². The van der Waals surface area contributed by atoms with Gasteiger partial charge in [-0.25, -0.2) is 4.79 Å². The second-order valence-corrected chi connectivity index (χ2v) is 8.95. The second-order valence-electron chi connectivity index (χ2n) is 8.95. The number of ether oxygens (including phenoxy) is 1. The highest BCUT2D eigenvalue weighted by atomic mass is 16.6. The lowest BCUT2D eigenvalue weighted by atomic mass is 9.99. The predicted octanol–water partition coefficient (Wildman–Crippen LogP) is 0.463. The van der Waals surface area contributed by atoms with Crippen molar-refractivity contribution in [3.8, 4) is 0 Å². The highest BCUT2D eigenvalue weighted by Crippen LogP contribution is 2.10. The Labute approximate surface area is 173 Å². The van der Waals surface area contributed by atoms with E-state index in [-0.39, 0.29) is 18.4 Å². The van der Waals surface area contributed by atoms with E-state index in [9.17, 15) is 19.2 Å². The monoisotopic (exact) mass is 414 g/mol. The van der Waals surface area contributed by atoms with Crippen LogP contribution in [0.3, 0.4) is 0 Å². The van der Waals surface area contributed by atoms with Crippen LogP contribution in [0.25, 0.3) is 0 Å². The number of rotatable bonds is 10. The SMILES string of the molecule is CC(C)C[C@H](NC(=O)[C@@H](NC(=O)CN)C(C)C)C(=O)N[C@@H](C)C(=O)OC(C)(C)C. The molecule has 168 valence electrons. The summed E-state index contributed by atoms with van der Waals surface area (Å²) in [6, 6.07) is -2.55. The number of hydrogen-bond acceptors (Lipinski definition) is 6. The Bertz CT molecular complexity index is 584. The molecule has 0 unspecified atom stereocenters. The largest absolute Gasteiger partial charge is 0.458 e. The summed E-state index contributed by atoms with van der Waals surface area (Å²) in [5, 5.41) is 7.86. The van der Waals surface area contributed by atoms with E-state index in [2.05, 4.69) is 16.0 Å². The third-order valence-corrected chi connectivity index (χ3v) is 3.91. The summed E-state index contributed by atoms with van der Waals surface area (Å²) in [5.41, 5.74) is 4.64. The lowest BCUT2D eigenvalue weighted by molar-refractivity contribution is -0.158. The zero-order valence-electron chi connectivity index (χ0n) is 18.9. The maximum absolute atomic E-state index is 12.7. The van der Waals surface area contributed by atoms with Gasteiger partial charge in [0.2, 0.25) is 17.7 Å². The Hall–Kier alpha value is -2.16. The molecule has 0 radical (unpaired) electrons. The second kappa shape index (κ2) is 11.7. The molecule has 5 N–H and O–H groups in total. The van der Waals surface area contributed by atoms with Gasteiger partial charge in [-0.15, -0.1) is 0 Å². The molecule has 0 aliphatic rings. The molecule has 0 aliphatic heterocycles. The van der Waals surface area contributed by atoms with E-state index in [0.717, 1.165) is 0 Å². The number of amides is 3. The van der Waals surface area contributed by atoms with Crippen molar-refractivity contribution >= 4 is 23.7 Å². The highest BCUT2D eigenvalue weighted by Gasteiger charge is 2.31. The molecule has 0 heterocycles. The van der Waals surface area contributed by atoms with Crippen molar-refractivity contribution in [1.82, 2.24) is 16.0 Å². The van der Waals surface area contributed by atoms with Crippen LogP contribution in [0.2, 0.25) is 0 Å². The minimum Gasteiger partial charge on any atom is -0.458 e. The molecule has 0 aromatic heterocycles. The van der Waals surface area contributed by atoms with E-state index in [1.54, 1.807) is 34.6 Å². The Morgan fingerprint density at radius 3 is 1.86 bits per heavy atom. The van der Waals surface area contributed by atoms with E-state index in [1.165, 1.54) is 6.92 Å². The first-order valence-corrected chi connectivity index (χ1v) is 10.0. The molecule has 0 rings (SSSR count). The van der Waals surface area contributed by atoms with E-state index in [4.69, 9.17) is 10.5 Å². The lowest BCUT2D eigenvalue weighted by Crippen LogP contribution is -2.57. The first-order valence-electron chi connectivity index (χ1n) is 10.0. The standard InChI is InChI=1S/C20H38N4O5/c1-11(2)9-14(17(26)22-13(5)19(28)29-20(6,7)8)23-18(27)16(12(3)4)24-15(25)10-21/h11-14,16H,9-10,21H2,1-8H3,(H,22,26)(H,23,27)(H,24,25)/t13-,14-,16-/m0/s1. The van der Waals surface area contributed by atoms with Crippen LogP contribution >= 0.6 is 0 Å². The van der Waals surface area contributed by atoms with Crippen LogP contribution in [0, 0.1) is 11.8 Å². The number of esters is 1. The molecule has 3 amide bonds. The minimum absolute atomic E-state index is 0.110. The van der Waals surface area contributed by atoms with E-state index in [0.29, 0.717) is 6.42 Å². The summed E-state index contributed by atoms with van der Waals surface area (Å²) in [6.07, 6.45) is 0.369. The molecule has 0 saturated carbocycles.